The lowest BCUT2D eigenvalue weighted by molar-refractivity contribution is -0.388. The van der Waals surface area contributed by atoms with Crippen LogP contribution in [0.15, 0.2) is 0 Å². The molecule has 0 aliphatic carbocycles. The molecule has 5 N–H and O–H groups in total. The van der Waals surface area contributed by atoms with Crippen molar-refractivity contribution in [2.45, 2.75) is 19.1 Å². The van der Waals surface area contributed by atoms with Gasteiger partial charge in [-0.3, -0.25) is 20.0 Å². The average Bonchev–Trinajstić information content (AvgIpc) is 2.62. The van der Waals surface area contributed by atoms with Crippen molar-refractivity contribution in [1.82, 2.24) is 10.2 Å². The average molecular weight is 230 g/mol. The van der Waals surface area contributed by atoms with Crippen LogP contribution >= 0.6 is 0 Å². The van der Waals surface area contributed by atoms with Gasteiger partial charge in [0.25, 0.3) is 5.91 Å². The van der Waals surface area contributed by atoms with Crippen molar-refractivity contribution in [1.29, 1.82) is 0 Å². The molecule has 16 heavy (non-hydrogen) atoms. The van der Waals surface area contributed by atoms with Gasteiger partial charge in [-0.2, -0.15) is 5.10 Å². The van der Waals surface area contributed by atoms with Crippen LogP contribution in [0.2, 0.25) is 0 Å². The molecule has 0 aromatic carbocycles. The van der Waals surface area contributed by atoms with E-state index in [0.717, 1.165) is 0 Å². The van der Waals surface area contributed by atoms with Crippen molar-refractivity contribution in [2.24, 2.45) is 5.73 Å². The molecule has 9 nitrogen and oxygen atoms in total. The summed E-state index contributed by atoms with van der Waals surface area (Å²) in [5, 5.41) is 34.9. The fraction of sp³-hybridized carbons (Fsp3) is 0.429. The van der Waals surface area contributed by atoms with E-state index in [4.69, 9.17) is 5.73 Å². The highest BCUT2D eigenvalue weighted by molar-refractivity contribution is 5.95. The lowest BCUT2D eigenvalue weighted by atomic mass is 10.1. The molecule has 88 valence electrons. The number of aliphatic hydroxyl groups is 2. The Balaban J connectivity index is 3.43. The number of H-pyrrole nitrogens is 1. The topological polar surface area (TPSA) is 155 Å². The first-order valence-electron chi connectivity index (χ1n) is 4.29. The number of primary amides is 1. The number of nitrogens with one attached hydrogen (secondary N) is 1. The molecule has 1 amide bonds. The van der Waals surface area contributed by atoms with Gasteiger partial charge in [-0.15, -0.1) is 0 Å². The summed E-state index contributed by atoms with van der Waals surface area (Å²) in [4.78, 5) is 20.6. The fourth-order valence-electron chi connectivity index (χ4n) is 1.14. The van der Waals surface area contributed by atoms with Crippen LogP contribution in [-0.4, -0.2) is 31.2 Å². The number of carbonyl (C=O) groups is 1. The highest BCUT2D eigenvalue weighted by atomic mass is 16.6. The molecule has 0 unspecified atom stereocenters. The lowest BCUT2D eigenvalue weighted by Gasteiger charge is -2.16. The Hall–Kier alpha value is -2.00. The van der Waals surface area contributed by atoms with Gasteiger partial charge < -0.3 is 15.9 Å². The number of amides is 1. The van der Waals surface area contributed by atoms with Gasteiger partial charge in [0.05, 0.1) is 4.92 Å². The zero-order chi connectivity index (χ0) is 12.5. The van der Waals surface area contributed by atoms with Gasteiger partial charge in [0, 0.05) is 6.42 Å². The summed E-state index contributed by atoms with van der Waals surface area (Å²) in [5.41, 5.74) is 2.84. The third kappa shape index (κ3) is 1.85. The Morgan fingerprint density at radius 3 is 2.62 bits per heavy atom. The molecule has 1 aromatic heterocycles. The maximum Gasteiger partial charge on any atom is 0.328 e. The molecular weight excluding hydrogens is 220 g/mol. The van der Waals surface area contributed by atoms with Crippen LogP contribution in [-0.2, 0) is 5.79 Å². The number of carbonyl (C=O) groups excluding carboxylic acids is 1. The third-order valence-electron chi connectivity index (χ3n) is 2.05. The predicted octanol–water partition coefficient (Wildman–Crippen LogP) is -1.04. The highest BCUT2D eigenvalue weighted by Gasteiger charge is 2.38. The molecule has 0 spiro atoms. The number of nitrogens with two attached hydrogens (primary N) is 1. The Kier molecular flexibility index (Phi) is 2.92. The van der Waals surface area contributed by atoms with E-state index < -0.39 is 33.7 Å². The van der Waals surface area contributed by atoms with E-state index in [1.54, 1.807) is 0 Å². The SMILES string of the molecule is CCC(O)(O)c1[nH]nc(C(N)=O)c1[N+](=O)[O-]. The Morgan fingerprint density at radius 1 is 1.69 bits per heavy atom. The largest absolute Gasteiger partial charge is 0.364 e. The van der Waals surface area contributed by atoms with Crippen LogP contribution in [0, 0.1) is 10.1 Å². The minimum atomic E-state index is -2.46. The maximum absolute atomic E-state index is 10.8. The van der Waals surface area contributed by atoms with E-state index in [0.29, 0.717) is 0 Å². The zero-order valence-corrected chi connectivity index (χ0v) is 8.30. The third-order valence-corrected chi connectivity index (χ3v) is 2.05. The van der Waals surface area contributed by atoms with Crippen LogP contribution < -0.4 is 5.73 Å². The van der Waals surface area contributed by atoms with E-state index >= 15 is 0 Å². The molecule has 0 aliphatic heterocycles. The quantitative estimate of drug-likeness (QED) is 0.294. The molecule has 0 aliphatic rings. The minimum absolute atomic E-state index is 0.214. The van der Waals surface area contributed by atoms with Crippen LogP contribution in [0.3, 0.4) is 0 Å². The minimum Gasteiger partial charge on any atom is -0.364 e. The summed E-state index contributed by atoms with van der Waals surface area (Å²) in [6, 6.07) is 0. The molecule has 1 aromatic rings. The summed E-state index contributed by atoms with van der Waals surface area (Å²) in [6.45, 7) is 1.40. The number of nitrogens with zero attached hydrogens (tertiary/aromatic N) is 2. The normalized spacial score (nSPS) is 11.4. The smallest absolute Gasteiger partial charge is 0.328 e. The second-order valence-electron chi connectivity index (χ2n) is 3.09. The molecule has 1 heterocycles. The van der Waals surface area contributed by atoms with E-state index in [2.05, 4.69) is 5.10 Å². The second-order valence-corrected chi connectivity index (χ2v) is 3.09. The fourth-order valence-corrected chi connectivity index (χ4v) is 1.14. The number of aromatic nitrogens is 2. The molecule has 0 saturated heterocycles. The van der Waals surface area contributed by atoms with Crippen molar-refractivity contribution in [3.05, 3.63) is 21.5 Å². The molecule has 9 heteroatoms. The number of rotatable bonds is 4. The van der Waals surface area contributed by atoms with Crippen molar-refractivity contribution in [3.8, 4) is 0 Å². The van der Waals surface area contributed by atoms with Gasteiger partial charge in [0.2, 0.25) is 11.5 Å². The summed E-state index contributed by atoms with van der Waals surface area (Å²) >= 11 is 0. The van der Waals surface area contributed by atoms with Gasteiger partial charge in [-0.05, 0) is 0 Å². The van der Waals surface area contributed by atoms with Gasteiger partial charge in [0.1, 0.15) is 0 Å². The molecule has 1 rings (SSSR count). The summed E-state index contributed by atoms with van der Waals surface area (Å²) < 4.78 is 0. The monoisotopic (exact) mass is 230 g/mol. The Morgan fingerprint density at radius 2 is 2.25 bits per heavy atom. The standard InChI is InChI=1S/C7H10N4O5/c1-2-7(13,14)5-4(11(15)16)3(6(8)12)9-10-5/h13-14H,2H2,1H3,(H2,8,12)(H,9,10). The first-order valence-corrected chi connectivity index (χ1v) is 4.29. The van der Waals surface area contributed by atoms with E-state index in [9.17, 15) is 25.1 Å². The molecule has 0 radical (unpaired) electrons. The van der Waals surface area contributed by atoms with E-state index in [-0.39, 0.29) is 6.42 Å². The summed E-state index contributed by atoms with van der Waals surface area (Å²) in [5.74, 6) is -3.58. The van der Waals surface area contributed by atoms with E-state index in [1.807, 2.05) is 5.10 Å². The van der Waals surface area contributed by atoms with Gasteiger partial charge in [0.15, 0.2) is 5.69 Å². The molecule has 0 saturated carbocycles. The van der Waals surface area contributed by atoms with Crippen LogP contribution in [0.25, 0.3) is 0 Å². The summed E-state index contributed by atoms with van der Waals surface area (Å²) in [6.07, 6.45) is -0.214. The van der Waals surface area contributed by atoms with E-state index in [1.165, 1.54) is 6.92 Å². The molecule has 0 atom stereocenters. The second kappa shape index (κ2) is 3.87. The highest BCUT2D eigenvalue weighted by Crippen LogP contribution is 2.30. The number of hydrogen-bond acceptors (Lipinski definition) is 6. The van der Waals surface area contributed by atoms with Gasteiger partial charge >= 0.3 is 5.69 Å². The molecule has 0 bridgehead atoms. The first-order chi connectivity index (χ1) is 7.31. The summed E-state index contributed by atoms with van der Waals surface area (Å²) in [7, 11) is 0. The van der Waals surface area contributed by atoms with Gasteiger partial charge in [-0.25, -0.2) is 0 Å². The number of nitro groups is 1. The maximum atomic E-state index is 10.8. The van der Waals surface area contributed by atoms with Crippen LogP contribution in [0.4, 0.5) is 5.69 Å². The lowest BCUT2D eigenvalue weighted by Crippen LogP contribution is -2.25. The zero-order valence-electron chi connectivity index (χ0n) is 8.30. The van der Waals surface area contributed by atoms with Crippen molar-refractivity contribution >= 4 is 11.6 Å². The Labute approximate surface area is 89.0 Å². The van der Waals surface area contributed by atoms with Gasteiger partial charge in [-0.1, -0.05) is 6.92 Å². The van der Waals surface area contributed by atoms with Crippen molar-refractivity contribution in [2.75, 3.05) is 0 Å². The van der Waals surface area contributed by atoms with Crippen molar-refractivity contribution < 1.29 is 19.9 Å². The predicted molar refractivity (Wildman–Crippen MR) is 50.2 cm³/mol. The van der Waals surface area contributed by atoms with Crippen molar-refractivity contribution in [3.63, 3.8) is 0 Å². The number of aromatic amines is 1. The van der Waals surface area contributed by atoms with Crippen LogP contribution in [0.1, 0.15) is 29.5 Å². The van der Waals surface area contributed by atoms with Crippen LogP contribution in [0.5, 0.6) is 0 Å². The number of hydrogen-bond donors (Lipinski definition) is 4. The Bertz CT molecular complexity index is 438. The molecular formula is C7H10N4O5. The molecule has 0 fully saturated rings. The first kappa shape index (κ1) is 12.1.